The van der Waals surface area contributed by atoms with Crippen LogP contribution in [0.2, 0.25) is 0 Å². The number of hydrogen-bond donors (Lipinski definition) is 3. The number of aliphatic hydroxyl groups is 1. The average Bonchev–Trinajstić information content (AvgIpc) is 3.13. The van der Waals surface area contributed by atoms with E-state index in [4.69, 9.17) is 9.84 Å². The summed E-state index contributed by atoms with van der Waals surface area (Å²) in [5.74, 6) is -1.40. The molecule has 8 heteroatoms. The van der Waals surface area contributed by atoms with Crippen molar-refractivity contribution in [2.24, 2.45) is 0 Å². The van der Waals surface area contributed by atoms with Crippen molar-refractivity contribution in [1.82, 2.24) is 10.6 Å². The highest BCUT2D eigenvalue weighted by atomic mass is 32.1. The number of urea groups is 1. The quantitative estimate of drug-likeness (QED) is 0.647. The molecule has 3 N–H and O–H groups in total. The zero-order chi connectivity index (χ0) is 18.1. The van der Waals surface area contributed by atoms with Crippen molar-refractivity contribution in [1.29, 1.82) is 0 Å². The van der Waals surface area contributed by atoms with Crippen LogP contribution in [-0.4, -0.2) is 36.2 Å². The van der Waals surface area contributed by atoms with Crippen LogP contribution >= 0.6 is 11.3 Å². The molecule has 0 aliphatic carbocycles. The molecule has 2 rings (SSSR count). The highest BCUT2D eigenvalue weighted by Crippen LogP contribution is 2.08. The molecule has 0 saturated heterocycles. The summed E-state index contributed by atoms with van der Waals surface area (Å²) in [6, 6.07) is 9.39. The summed E-state index contributed by atoms with van der Waals surface area (Å²) < 4.78 is 4.84. The largest absolute Gasteiger partial charge is 0.452 e. The first-order valence-electron chi connectivity index (χ1n) is 7.55. The minimum absolute atomic E-state index is 0.126. The van der Waals surface area contributed by atoms with Crippen molar-refractivity contribution in [3.8, 4) is 0 Å². The normalized spacial score (nSPS) is 10.1. The molecule has 0 atom stereocenters. The maximum atomic E-state index is 11.8. The van der Waals surface area contributed by atoms with Gasteiger partial charge in [0.25, 0.3) is 5.91 Å². The summed E-state index contributed by atoms with van der Waals surface area (Å²) in [6.07, 6.45) is 0.679. The van der Waals surface area contributed by atoms with Gasteiger partial charge in [-0.1, -0.05) is 18.2 Å². The number of carbonyl (C=O) groups excluding carboxylic acids is 3. The van der Waals surface area contributed by atoms with Crippen LogP contribution in [0.5, 0.6) is 0 Å². The Kier molecular flexibility index (Phi) is 7.12. The van der Waals surface area contributed by atoms with Gasteiger partial charge in [-0.25, -0.2) is 9.59 Å². The third-order valence-corrected chi connectivity index (χ3v) is 4.13. The van der Waals surface area contributed by atoms with Gasteiger partial charge in [0, 0.05) is 11.4 Å². The number of hydrogen-bond acceptors (Lipinski definition) is 6. The van der Waals surface area contributed by atoms with Crippen LogP contribution in [0.25, 0.3) is 0 Å². The molecule has 132 valence electrons. The molecule has 7 nitrogen and oxygen atoms in total. The van der Waals surface area contributed by atoms with Gasteiger partial charge in [-0.2, -0.15) is 0 Å². The summed E-state index contributed by atoms with van der Waals surface area (Å²) in [5.41, 5.74) is 0.916. The van der Waals surface area contributed by atoms with E-state index < -0.39 is 24.5 Å². The van der Waals surface area contributed by atoms with E-state index in [1.807, 2.05) is 17.5 Å². The number of amides is 3. The number of carbonyl (C=O) groups is 3. The Morgan fingerprint density at radius 1 is 1.12 bits per heavy atom. The molecule has 25 heavy (non-hydrogen) atoms. The Hall–Kier alpha value is -2.71. The topological polar surface area (TPSA) is 105 Å². The standard InChI is InChI=1S/C17H18N2O5S/c20-10-12-3-5-13(6-4-12)16(22)24-11-15(21)19-17(23)18-8-7-14-2-1-9-25-14/h1-6,9,20H,7-8,10-11H2,(H2,18,19,21,23). The predicted molar refractivity (Wildman–Crippen MR) is 92.2 cm³/mol. The van der Waals surface area contributed by atoms with Gasteiger partial charge in [0.05, 0.1) is 12.2 Å². The average molecular weight is 362 g/mol. The Morgan fingerprint density at radius 3 is 2.52 bits per heavy atom. The van der Waals surface area contributed by atoms with Gasteiger partial charge in [-0.15, -0.1) is 11.3 Å². The molecule has 1 heterocycles. The van der Waals surface area contributed by atoms with Crippen molar-refractivity contribution in [2.75, 3.05) is 13.2 Å². The smallest absolute Gasteiger partial charge is 0.338 e. The highest BCUT2D eigenvalue weighted by molar-refractivity contribution is 7.09. The summed E-state index contributed by atoms with van der Waals surface area (Å²) in [5, 5.41) is 15.5. The molecule has 0 radical (unpaired) electrons. The number of thiophene rings is 1. The van der Waals surface area contributed by atoms with E-state index in [0.717, 1.165) is 4.88 Å². The molecule has 0 unspecified atom stereocenters. The van der Waals surface area contributed by atoms with Gasteiger partial charge >= 0.3 is 12.0 Å². The molecule has 1 aromatic carbocycles. The van der Waals surface area contributed by atoms with E-state index in [-0.39, 0.29) is 12.2 Å². The Labute approximate surface area is 148 Å². The van der Waals surface area contributed by atoms with Crippen molar-refractivity contribution >= 4 is 29.2 Å². The minimum Gasteiger partial charge on any atom is -0.452 e. The van der Waals surface area contributed by atoms with Gasteiger partial charge in [0.1, 0.15) is 0 Å². The van der Waals surface area contributed by atoms with E-state index in [1.165, 1.54) is 12.1 Å². The SMILES string of the molecule is O=C(COC(=O)c1ccc(CO)cc1)NC(=O)NCCc1cccs1. The first-order chi connectivity index (χ1) is 12.1. The number of nitrogens with one attached hydrogen (secondary N) is 2. The molecular formula is C17H18N2O5S. The van der Waals surface area contributed by atoms with Crippen molar-refractivity contribution in [3.05, 3.63) is 57.8 Å². The third kappa shape index (κ3) is 6.36. The molecule has 0 aliphatic heterocycles. The molecular weight excluding hydrogens is 344 g/mol. The lowest BCUT2D eigenvalue weighted by Gasteiger charge is -2.07. The monoisotopic (exact) mass is 362 g/mol. The van der Waals surface area contributed by atoms with E-state index in [2.05, 4.69) is 10.6 Å². The van der Waals surface area contributed by atoms with Crippen LogP contribution in [0, 0.1) is 0 Å². The summed E-state index contributed by atoms with van der Waals surface area (Å²) in [6.45, 7) is -0.283. The van der Waals surface area contributed by atoms with Crippen LogP contribution in [0.4, 0.5) is 4.79 Å². The number of rotatable bonds is 7. The Balaban J connectivity index is 1.66. The van der Waals surface area contributed by atoms with E-state index >= 15 is 0 Å². The molecule has 3 amide bonds. The summed E-state index contributed by atoms with van der Waals surface area (Å²) in [4.78, 5) is 36.1. The van der Waals surface area contributed by atoms with Crippen molar-refractivity contribution in [3.63, 3.8) is 0 Å². The van der Waals surface area contributed by atoms with Gasteiger partial charge in [0.2, 0.25) is 0 Å². The van der Waals surface area contributed by atoms with E-state index in [9.17, 15) is 14.4 Å². The van der Waals surface area contributed by atoms with Crippen LogP contribution in [-0.2, 0) is 22.6 Å². The first-order valence-corrected chi connectivity index (χ1v) is 8.43. The fourth-order valence-electron chi connectivity index (χ4n) is 1.92. The number of aliphatic hydroxyl groups excluding tert-OH is 1. The van der Waals surface area contributed by atoms with Crippen molar-refractivity contribution in [2.45, 2.75) is 13.0 Å². The van der Waals surface area contributed by atoms with Gasteiger partial charge < -0.3 is 15.2 Å². The fraction of sp³-hybridized carbons (Fsp3) is 0.235. The summed E-state index contributed by atoms with van der Waals surface area (Å²) in [7, 11) is 0. The summed E-state index contributed by atoms with van der Waals surface area (Å²) >= 11 is 1.59. The number of ether oxygens (including phenoxy) is 1. The molecule has 0 aliphatic rings. The predicted octanol–water partition coefficient (Wildman–Crippen LogP) is 1.47. The second kappa shape index (κ2) is 9.55. The zero-order valence-corrected chi connectivity index (χ0v) is 14.2. The molecule has 0 spiro atoms. The third-order valence-electron chi connectivity index (χ3n) is 3.20. The van der Waals surface area contributed by atoms with Gasteiger partial charge in [0.15, 0.2) is 6.61 Å². The first kappa shape index (κ1) is 18.6. The lowest BCUT2D eigenvalue weighted by atomic mass is 10.1. The second-order valence-corrected chi connectivity index (χ2v) is 6.10. The molecule has 0 saturated carbocycles. The van der Waals surface area contributed by atoms with Crippen LogP contribution in [0.3, 0.4) is 0 Å². The highest BCUT2D eigenvalue weighted by Gasteiger charge is 2.12. The van der Waals surface area contributed by atoms with Gasteiger partial charge in [-0.05, 0) is 35.6 Å². The molecule has 0 fully saturated rings. The van der Waals surface area contributed by atoms with Gasteiger partial charge in [-0.3, -0.25) is 10.1 Å². The van der Waals surface area contributed by atoms with Crippen LogP contribution in [0.15, 0.2) is 41.8 Å². The molecule has 1 aromatic heterocycles. The minimum atomic E-state index is -0.714. The maximum Gasteiger partial charge on any atom is 0.338 e. The van der Waals surface area contributed by atoms with E-state index in [1.54, 1.807) is 23.5 Å². The zero-order valence-electron chi connectivity index (χ0n) is 13.4. The Bertz CT molecular complexity index is 713. The van der Waals surface area contributed by atoms with E-state index in [0.29, 0.717) is 18.5 Å². The number of benzene rings is 1. The lowest BCUT2D eigenvalue weighted by Crippen LogP contribution is -2.42. The Morgan fingerprint density at radius 2 is 1.88 bits per heavy atom. The molecule has 2 aromatic rings. The second-order valence-electron chi connectivity index (χ2n) is 5.06. The fourth-order valence-corrected chi connectivity index (χ4v) is 2.63. The lowest BCUT2D eigenvalue weighted by molar-refractivity contribution is -0.123. The number of imide groups is 1. The molecule has 0 bridgehead atoms. The van der Waals surface area contributed by atoms with Crippen LogP contribution in [0.1, 0.15) is 20.8 Å². The number of esters is 1. The van der Waals surface area contributed by atoms with Crippen molar-refractivity contribution < 1.29 is 24.2 Å². The van der Waals surface area contributed by atoms with Crippen LogP contribution < -0.4 is 10.6 Å². The maximum absolute atomic E-state index is 11.8.